The van der Waals surface area contributed by atoms with Crippen molar-refractivity contribution in [2.75, 3.05) is 31.1 Å². The Balaban J connectivity index is 1.16. The van der Waals surface area contributed by atoms with Crippen molar-refractivity contribution < 1.29 is 9.84 Å². The van der Waals surface area contributed by atoms with E-state index in [-0.39, 0.29) is 0 Å². The Kier molecular flexibility index (Phi) is 5.70. The van der Waals surface area contributed by atoms with Crippen LogP contribution >= 0.6 is 0 Å². The molecule has 1 atom stereocenters. The highest BCUT2D eigenvalue weighted by Gasteiger charge is 2.20. The summed E-state index contributed by atoms with van der Waals surface area (Å²) in [5.41, 5.74) is 6.82. The molecule has 31 heavy (non-hydrogen) atoms. The van der Waals surface area contributed by atoms with Crippen LogP contribution < -0.4 is 9.64 Å². The maximum absolute atomic E-state index is 10.6. The van der Waals surface area contributed by atoms with Crippen LogP contribution in [0.15, 0.2) is 60.8 Å². The molecular weight excluding hydrogens is 386 g/mol. The summed E-state index contributed by atoms with van der Waals surface area (Å²) < 4.78 is 8.20. The van der Waals surface area contributed by atoms with Crippen molar-refractivity contribution in [3.8, 4) is 5.75 Å². The van der Waals surface area contributed by atoms with E-state index in [2.05, 4.69) is 70.1 Å². The maximum atomic E-state index is 10.6. The van der Waals surface area contributed by atoms with Crippen LogP contribution in [-0.2, 0) is 33.0 Å². The van der Waals surface area contributed by atoms with E-state index in [9.17, 15) is 5.11 Å². The van der Waals surface area contributed by atoms with E-state index >= 15 is 0 Å². The van der Waals surface area contributed by atoms with Crippen molar-refractivity contribution in [1.29, 1.82) is 0 Å². The molecule has 0 amide bonds. The fraction of sp³-hybridized carbons (Fsp3) is 0.385. The largest absolute Gasteiger partial charge is 0.491 e. The summed E-state index contributed by atoms with van der Waals surface area (Å²) in [5.74, 6) is 0.818. The number of ether oxygens (including phenoxy) is 1. The van der Waals surface area contributed by atoms with Crippen LogP contribution in [0.2, 0.25) is 0 Å². The van der Waals surface area contributed by atoms with Gasteiger partial charge in [0.2, 0.25) is 0 Å². The van der Waals surface area contributed by atoms with Crippen molar-refractivity contribution in [1.82, 2.24) is 9.47 Å². The predicted molar refractivity (Wildman–Crippen MR) is 124 cm³/mol. The van der Waals surface area contributed by atoms with Gasteiger partial charge in [0.15, 0.2) is 0 Å². The Morgan fingerprint density at radius 1 is 0.935 bits per heavy atom. The van der Waals surface area contributed by atoms with Crippen molar-refractivity contribution in [3.05, 3.63) is 83.2 Å². The van der Waals surface area contributed by atoms with Crippen LogP contribution in [0, 0.1) is 0 Å². The molecule has 0 bridgehead atoms. The second-order valence-corrected chi connectivity index (χ2v) is 8.79. The topological polar surface area (TPSA) is 40.9 Å². The van der Waals surface area contributed by atoms with E-state index in [1.54, 1.807) is 0 Å². The molecule has 0 fully saturated rings. The van der Waals surface area contributed by atoms with Gasteiger partial charge in [-0.2, -0.15) is 0 Å². The molecule has 1 aromatic heterocycles. The second-order valence-electron chi connectivity index (χ2n) is 8.79. The minimum absolute atomic E-state index is 0.309. The number of fused-ring (bicyclic) bond motifs is 2. The fourth-order valence-electron chi connectivity index (χ4n) is 4.81. The van der Waals surface area contributed by atoms with Gasteiger partial charge in [0.25, 0.3) is 0 Å². The van der Waals surface area contributed by atoms with E-state index < -0.39 is 6.10 Å². The molecule has 3 aromatic rings. The van der Waals surface area contributed by atoms with Crippen molar-refractivity contribution in [2.24, 2.45) is 7.05 Å². The average Bonchev–Trinajstić information content (AvgIpc) is 3.18. The first-order chi connectivity index (χ1) is 15.2. The van der Waals surface area contributed by atoms with E-state index in [0.29, 0.717) is 13.2 Å². The Bertz CT molecular complexity index is 1040. The highest BCUT2D eigenvalue weighted by Crippen LogP contribution is 2.27. The van der Waals surface area contributed by atoms with Gasteiger partial charge < -0.3 is 19.3 Å². The maximum Gasteiger partial charge on any atom is 0.121 e. The van der Waals surface area contributed by atoms with E-state index in [4.69, 9.17) is 4.74 Å². The lowest BCUT2D eigenvalue weighted by Gasteiger charge is -2.31. The molecule has 0 saturated carbocycles. The zero-order valence-electron chi connectivity index (χ0n) is 18.2. The summed E-state index contributed by atoms with van der Waals surface area (Å²) in [6.07, 6.45) is 3.76. The highest BCUT2D eigenvalue weighted by molar-refractivity contribution is 5.52. The fourth-order valence-corrected chi connectivity index (χ4v) is 4.81. The second kappa shape index (κ2) is 8.77. The Morgan fingerprint density at radius 3 is 2.68 bits per heavy atom. The summed E-state index contributed by atoms with van der Waals surface area (Å²) in [6.45, 7) is 4.76. The first-order valence-electron chi connectivity index (χ1n) is 11.2. The molecule has 162 valence electrons. The zero-order chi connectivity index (χ0) is 21.2. The third kappa shape index (κ3) is 4.48. The number of rotatable bonds is 6. The van der Waals surface area contributed by atoms with Gasteiger partial charge >= 0.3 is 0 Å². The number of hydrogen-bond acceptors (Lipinski definition) is 4. The molecule has 5 rings (SSSR count). The molecule has 2 aliphatic rings. The molecule has 0 spiro atoms. The minimum atomic E-state index is -0.505. The van der Waals surface area contributed by atoms with Crippen LogP contribution in [0.3, 0.4) is 0 Å². The van der Waals surface area contributed by atoms with Gasteiger partial charge in [-0.15, -0.1) is 0 Å². The monoisotopic (exact) mass is 417 g/mol. The molecule has 1 N–H and O–H groups in total. The normalized spacial score (nSPS) is 17.2. The van der Waals surface area contributed by atoms with Gasteiger partial charge in [-0.25, -0.2) is 0 Å². The van der Waals surface area contributed by atoms with Crippen LogP contribution in [0.5, 0.6) is 5.75 Å². The number of benzene rings is 2. The lowest BCUT2D eigenvalue weighted by atomic mass is 10.00. The van der Waals surface area contributed by atoms with Gasteiger partial charge in [-0.3, -0.25) is 4.90 Å². The Labute approximate surface area is 184 Å². The van der Waals surface area contributed by atoms with Crippen LogP contribution in [0.1, 0.15) is 22.4 Å². The number of hydrogen-bond donors (Lipinski definition) is 1. The number of β-amino-alcohol motifs (C(OH)–C–C–N with tert-alkyl or cyclic N) is 1. The number of nitrogens with zero attached hydrogens (tertiary/aromatic N) is 3. The van der Waals surface area contributed by atoms with Crippen molar-refractivity contribution in [2.45, 2.75) is 32.0 Å². The van der Waals surface area contributed by atoms with Crippen LogP contribution in [-0.4, -0.2) is 46.9 Å². The number of anilines is 1. The van der Waals surface area contributed by atoms with Crippen LogP contribution in [0.25, 0.3) is 0 Å². The standard InChI is InChI=1S/C26H31N3O2/c1-27-12-9-21-11-14-29(18-26(21)27)23-7-4-8-25(15-23)31-19-24(30)17-28-13-10-20-5-2-3-6-22(20)16-28/h2-9,12,15,24,30H,10-11,13-14,16-19H2,1H3. The molecule has 1 unspecified atom stereocenters. The van der Waals surface area contributed by atoms with Gasteiger partial charge in [0, 0.05) is 56.9 Å². The lowest BCUT2D eigenvalue weighted by Crippen LogP contribution is -2.38. The molecule has 0 saturated heterocycles. The van der Waals surface area contributed by atoms with Gasteiger partial charge in [0.05, 0.1) is 6.54 Å². The molecule has 2 aliphatic heterocycles. The molecule has 2 aromatic carbocycles. The lowest BCUT2D eigenvalue weighted by molar-refractivity contribution is 0.0638. The molecular formula is C26H31N3O2. The van der Waals surface area contributed by atoms with Gasteiger partial charge in [0.1, 0.15) is 18.5 Å². The summed E-state index contributed by atoms with van der Waals surface area (Å²) in [4.78, 5) is 4.72. The van der Waals surface area contributed by atoms with Crippen molar-refractivity contribution in [3.63, 3.8) is 0 Å². The first kappa shape index (κ1) is 20.2. The minimum Gasteiger partial charge on any atom is -0.491 e. The average molecular weight is 418 g/mol. The van der Waals surface area contributed by atoms with Crippen LogP contribution in [0.4, 0.5) is 5.69 Å². The molecule has 5 heteroatoms. The summed E-state index contributed by atoms with van der Waals surface area (Å²) in [7, 11) is 2.12. The smallest absolute Gasteiger partial charge is 0.121 e. The predicted octanol–water partition coefficient (Wildman–Crippen LogP) is 3.39. The highest BCUT2D eigenvalue weighted by atomic mass is 16.5. The van der Waals surface area contributed by atoms with E-state index in [1.165, 1.54) is 28.1 Å². The summed E-state index contributed by atoms with van der Waals surface area (Å²) >= 11 is 0. The first-order valence-corrected chi connectivity index (χ1v) is 11.2. The molecule has 0 radical (unpaired) electrons. The van der Waals surface area contributed by atoms with E-state index in [1.807, 2.05) is 12.1 Å². The molecule has 3 heterocycles. The number of aryl methyl sites for hydroxylation is 1. The SMILES string of the molecule is Cn1ccc2c1CN(c1cccc(OCC(O)CN3CCc4ccccc4C3)c1)CC2. The number of aromatic nitrogens is 1. The number of aliphatic hydroxyl groups excluding tert-OH is 1. The summed E-state index contributed by atoms with van der Waals surface area (Å²) in [6, 6.07) is 19.1. The zero-order valence-corrected chi connectivity index (χ0v) is 18.2. The summed E-state index contributed by atoms with van der Waals surface area (Å²) in [5, 5.41) is 10.6. The Morgan fingerprint density at radius 2 is 1.77 bits per heavy atom. The third-order valence-electron chi connectivity index (χ3n) is 6.59. The van der Waals surface area contributed by atoms with Gasteiger partial charge in [-0.05, 0) is 47.7 Å². The quantitative estimate of drug-likeness (QED) is 0.668. The molecule has 0 aliphatic carbocycles. The van der Waals surface area contributed by atoms with E-state index in [0.717, 1.165) is 44.8 Å². The van der Waals surface area contributed by atoms with Crippen molar-refractivity contribution >= 4 is 5.69 Å². The third-order valence-corrected chi connectivity index (χ3v) is 6.59. The Hall–Kier alpha value is -2.76. The molecule has 5 nitrogen and oxygen atoms in total. The van der Waals surface area contributed by atoms with Gasteiger partial charge in [-0.1, -0.05) is 30.3 Å². The number of aliphatic hydroxyl groups is 1.